The van der Waals surface area contributed by atoms with Crippen LogP contribution in [0.5, 0.6) is 0 Å². The first-order valence-electron chi connectivity index (χ1n) is 3.28. The summed E-state index contributed by atoms with van der Waals surface area (Å²) in [7, 11) is -4.67. The van der Waals surface area contributed by atoms with Gasteiger partial charge in [-0.2, -0.15) is 21.0 Å². The summed E-state index contributed by atoms with van der Waals surface area (Å²) in [5, 5.41) is 0. The second kappa shape index (κ2) is 5.98. The van der Waals surface area contributed by atoms with Gasteiger partial charge >= 0.3 is 10.4 Å². The van der Waals surface area contributed by atoms with E-state index in [1.165, 1.54) is 5.56 Å². The zero-order valence-electron chi connectivity index (χ0n) is 6.66. The van der Waals surface area contributed by atoms with Crippen molar-refractivity contribution in [2.45, 2.75) is 5.75 Å². The average molecular weight is 222 g/mol. The first-order chi connectivity index (χ1) is 5.93. The molecule has 0 aliphatic carbocycles. The Kier molecular flexibility index (Phi) is 5.72. The Morgan fingerprint density at radius 1 is 1.15 bits per heavy atom. The molecule has 2 N–H and O–H groups in total. The van der Waals surface area contributed by atoms with E-state index in [2.05, 4.69) is 24.8 Å². The van der Waals surface area contributed by atoms with Crippen LogP contribution in [-0.4, -0.2) is 17.5 Å². The highest BCUT2D eigenvalue weighted by Gasteiger charge is 1.84. The van der Waals surface area contributed by atoms with Crippen LogP contribution in [0.3, 0.4) is 0 Å². The zero-order chi connectivity index (χ0) is 10.3. The summed E-state index contributed by atoms with van der Waals surface area (Å²) >= 11 is 4.11. The molecule has 0 atom stereocenters. The fourth-order valence-corrected chi connectivity index (χ4v) is 0.794. The number of thiol groups is 1. The molecule has 13 heavy (non-hydrogen) atoms. The van der Waals surface area contributed by atoms with E-state index in [4.69, 9.17) is 17.5 Å². The lowest BCUT2D eigenvalue weighted by Gasteiger charge is -1.89. The molecule has 0 bridgehead atoms. The molecule has 0 heterocycles. The van der Waals surface area contributed by atoms with Crippen LogP contribution in [0.25, 0.3) is 0 Å². The second-order valence-electron chi connectivity index (χ2n) is 2.09. The van der Waals surface area contributed by atoms with Crippen LogP contribution in [0.4, 0.5) is 0 Å². The van der Waals surface area contributed by atoms with Crippen LogP contribution in [0, 0.1) is 0 Å². The van der Waals surface area contributed by atoms with E-state index >= 15 is 0 Å². The maximum Gasteiger partial charge on any atom is 0.394 e. The summed E-state index contributed by atoms with van der Waals surface area (Å²) in [5.74, 6) is 0.834. The lowest BCUT2D eigenvalue weighted by molar-refractivity contribution is 0.381. The molecule has 4 nitrogen and oxygen atoms in total. The lowest BCUT2D eigenvalue weighted by atomic mass is 10.2. The highest BCUT2D eigenvalue weighted by Crippen LogP contribution is 2.00. The van der Waals surface area contributed by atoms with Gasteiger partial charge in [-0.1, -0.05) is 30.3 Å². The fourth-order valence-electron chi connectivity index (χ4n) is 0.583. The van der Waals surface area contributed by atoms with Gasteiger partial charge in [0.1, 0.15) is 0 Å². The van der Waals surface area contributed by atoms with Crippen molar-refractivity contribution in [2.24, 2.45) is 0 Å². The standard InChI is InChI=1S/C7H8S.H2O4S/c8-6-7-4-2-1-3-5-7;1-5(2,3)4/h1-5,8H,6H2;(H2,1,2,3,4). The Morgan fingerprint density at radius 3 is 1.77 bits per heavy atom. The van der Waals surface area contributed by atoms with Gasteiger partial charge in [0, 0.05) is 5.75 Å². The van der Waals surface area contributed by atoms with Gasteiger partial charge in [0.05, 0.1) is 0 Å². The molecule has 0 aliphatic heterocycles. The summed E-state index contributed by atoms with van der Waals surface area (Å²) in [5.41, 5.74) is 1.27. The summed E-state index contributed by atoms with van der Waals surface area (Å²) in [6.45, 7) is 0. The maximum atomic E-state index is 8.74. The molecule has 0 saturated carbocycles. The van der Waals surface area contributed by atoms with Gasteiger partial charge in [-0.25, -0.2) is 0 Å². The third-order valence-electron chi connectivity index (χ3n) is 1.03. The Labute approximate surface area is 82.6 Å². The Morgan fingerprint density at radius 2 is 1.54 bits per heavy atom. The van der Waals surface area contributed by atoms with Crippen LogP contribution in [0.2, 0.25) is 0 Å². The molecule has 0 amide bonds. The first-order valence-corrected chi connectivity index (χ1v) is 5.31. The van der Waals surface area contributed by atoms with E-state index in [9.17, 15) is 0 Å². The highest BCUT2D eigenvalue weighted by atomic mass is 32.3. The van der Waals surface area contributed by atoms with Crippen LogP contribution in [-0.2, 0) is 16.2 Å². The van der Waals surface area contributed by atoms with Crippen molar-refractivity contribution in [3.05, 3.63) is 35.9 Å². The Bertz CT molecular complexity index is 312. The average Bonchev–Trinajstić information content (AvgIpc) is 2.03. The lowest BCUT2D eigenvalue weighted by Crippen LogP contribution is -1.89. The highest BCUT2D eigenvalue weighted by molar-refractivity contribution is 7.80. The fraction of sp³-hybridized carbons (Fsp3) is 0.143. The minimum absolute atomic E-state index is 0.834. The third-order valence-corrected chi connectivity index (χ3v) is 1.39. The van der Waals surface area contributed by atoms with E-state index in [0.29, 0.717) is 0 Å². The molecule has 1 aromatic rings. The Hall–Kier alpha value is -0.560. The molecule has 74 valence electrons. The topological polar surface area (TPSA) is 74.6 Å². The molecule has 0 unspecified atom stereocenters. The second-order valence-corrected chi connectivity index (χ2v) is 3.30. The molecule has 0 aromatic heterocycles. The SMILES string of the molecule is O=S(=O)(O)O.SCc1ccccc1. The molecule has 0 aliphatic rings. The van der Waals surface area contributed by atoms with Crippen molar-refractivity contribution >= 4 is 23.0 Å². The maximum absolute atomic E-state index is 8.74. The smallest absolute Gasteiger partial charge is 0.264 e. The van der Waals surface area contributed by atoms with Crippen molar-refractivity contribution in [3.8, 4) is 0 Å². The molecule has 1 aromatic carbocycles. The minimum atomic E-state index is -4.67. The molecule has 0 fully saturated rings. The molecular weight excluding hydrogens is 212 g/mol. The van der Waals surface area contributed by atoms with Crippen LogP contribution < -0.4 is 0 Å². The van der Waals surface area contributed by atoms with Crippen LogP contribution >= 0.6 is 12.6 Å². The largest absolute Gasteiger partial charge is 0.394 e. The molecule has 6 heteroatoms. The normalized spacial score (nSPS) is 10.1. The van der Waals surface area contributed by atoms with Gasteiger partial charge in [0.25, 0.3) is 0 Å². The monoisotopic (exact) mass is 222 g/mol. The van der Waals surface area contributed by atoms with Gasteiger partial charge in [0.2, 0.25) is 0 Å². The van der Waals surface area contributed by atoms with Crippen molar-refractivity contribution in [2.75, 3.05) is 0 Å². The number of rotatable bonds is 1. The summed E-state index contributed by atoms with van der Waals surface area (Å²) in [6.07, 6.45) is 0. The molecule has 1 rings (SSSR count). The van der Waals surface area contributed by atoms with Gasteiger partial charge in [0.15, 0.2) is 0 Å². The third kappa shape index (κ3) is 11.4. The molecule has 0 saturated heterocycles. The van der Waals surface area contributed by atoms with Gasteiger partial charge in [-0.15, -0.1) is 0 Å². The molecular formula is C7H10O4S2. The van der Waals surface area contributed by atoms with Gasteiger partial charge in [-0.3, -0.25) is 9.11 Å². The molecule has 0 radical (unpaired) electrons. The van der Waals surface area contributed by atoms with Crippen molar-refractivity contribution in [3.63, 3.8) is 0 Å². The van der Waals surface area contributed by atoms with Crippen LogP contribution in [0.15, 0.2) is 30.3 Å². The predicted octanol–water partition coefficient (Wildman–Crippen LogP) is 1.46. The molecule has 0 spiro atoms. The number of hydrogen-bond donors (Lipinski definition) is 3. The summed E-state index contributed by atoms with van der Waals surface area (Å²) < 4.78 is 31.6. The van der Waals surface area contributed by atoms with Crippen LogP contribution in [0.1, 0.15) is 5.56 Å². The predicted molar refractivity (Wildman–Crippen MR) is 53.3 cm³/mol. The van der Waals surface area contributed by atoms with Crippen molar-refractivity contribution in [1.29, 1.82) is 0 Å². The Balaban J connectivity index is 0.000000252. The number of benzene rings is 1. The van der Waals surface area contributed by atoms with E-state index in [0.717, 1.165) is 5.75 Å². The van der Waals surface area contributed by atoms with Crippen molar-refractivity contribution < 1.29 is 17.5 Å². The minimum Gasteiger partial charge on any atom is -0.264 e. The van der Waals surface area contributed by atoms with E-state index in [1.54, 1.807) is 0 Å². The van der Waals surface area contributed by atoms with E-state index < -0.39 is 10.4 Å². The summed E-state index contributed by atoms with van der Waals surface area (Å²) in [6, 6.07) is 10.2. The van der Waals surface area contributed by atoms with Gasteiger partial charge < -0.3 is 0 Å². The quantitative estimate of drug-likeness (QED) is 0.497. The zero-order valence-corrected chi connectivity index (χ0v) is 8.37. The van der Waals surface area contributed by atoms with Crippen molar-refractivity contribution in [1.82, 2.24) is 0 Å². The number of hydrogen-bond acceptors (Lipinski definition) is 3. The first kappa shape index (κ1) is 12.4. The van der Waals surface area contributed by atoms with Gasteiger partial charge in [-0.05, 0) is 5.56 Å². The van der Waals surface area contributed by atoms with E-state index in [1.807, 2.05) is 18.2 Å². The van der Waals surface area contributed by atoms with E-state index in [-0.39, 0.29) is 0 Å². The summed E-state index contributed by atoms with van der Waals surface area (Å²) in [4.78, 5) is 0.